The standard InChI is InChI=1S/C14H23N3/c1-5-9-15-11-13-7-8-14(16-12(13)3)17(4)10-6-2/h6-8,15H,2,5,9-11H2,1,3-4H3. The average molecular weight is 233 g/mol. The Morgan fingerprint density at radius 1 is 1.47 bits per heavy atom. The lowest BCUT2D eigenvalue weighted by Crippen LogP contribution is -2.19. The van der Waals surface area contributed by atoms with Crippen molar-refractivity contribution in [3.05, 3.63) is 36.0 Å². The lowest BCUT2D eigenvalue weighted by molar-refractivity contribution is 0.671. The average Bonchev–Trinajstić information content (AvgIpc) is 2.31. The molecule has 1 heterocycles. The van der Waals surface area contributed by atoms with Crippen LogP contribution in [0.25, 0.3) is 0 Å². The van der Waals surface area contributed by atoms with Crippen molar-refractivity contribution < 1.29 is 0 Å². The third-order valence-corrected chi connectivity index (χ3v) is 2.72. The van der Waals surface area contributed by atoms with Gasteiger partial charge in [0.25, 0.3) is 0 Å². The van der Waals surface area contributed by atoms with Crippen molar-refractivity contribution in [2.24, 2.45) is 0 Å². The number of nitrogens with zero attached hydrogens (tertiary/aromatic N) is 2. The van der Waals surface area contributed by atoms with Gasteiger partial charge in [-0.15, -0.1) is 6.58 Å². The molecule has 0 aromatic carbocycles. The maximum atomic E-state index is 4.61. The number of nitrogens with one attached hydrogen (secondary N) is 1. The zero-order valence-electron chi connectivity index (χ0n) is 11.2. The summed E-state index contributed by atoms with van der Waals surface area (Å²) < 4.78 is 0. The summed E-state index contributed by atoms with van der Waals surface area (Å²) >= 11 is 0. The van der Waals surface area contributed by atoms with E-state index in [-0.39, 0.29) is 0 Å². The highest BCUT2D eigenvalue weighted by atomic mass is 15.2. The maximum Gasteiger partial charge on any atom is 0.128 e. The Labute approximate surface area is 105 Å². The van der Waals surface area contributed by atoms with Crippen LogP contribution in [-0.4, -0.2) is 25.1 Å². The number of hydrogen-bond donors (Lipinski definition) is 1. The van der Waals surface area contributed by atoms with Gasteiger partial charge < -0.3 is 10.2 Å². The molecule has 1 aromatic heterocycles. The predicted molar refractivity (Wildman–Crippen MR) is 74.4 cm³/mol. The number of hydrogen-bond acceptors (Lipinski definition) is 3. The number of anilines is 1. The minimum absolute atomic E-state index is 0.819. The highest BCUT2D eigenvalue weighted by molar-refractivity contribution is 5.41. The first-order valence-corrected chi connectivity index (χ1v) is 6.18. The van der Waals surface area contributed by atoms with Crippen molar-refractivity contribution >= 4 is 5.82 Å². The first-order valence-electron chi connectivity index (χ1n) is 6.18. The van der Waals surface area contributed by atoms with Crippen LogP contribution in [0, 0.1) is 6.92 Å². The zero-order chi connectivity index (χ0) is 12.7. The summed E-state index contributed by atoms with van der Waals surface area (Å²) in [7, 11) is 2.03. The van der Waals surface area contributed by atoms with Gasteiger partial charge in [0.15, 0.2) is 0 Å². The number of likely N-dealkylation sites (N-methyl/N-ethyl adjacent to an activating group) is 1. The summed E-state index contributed by atoms with van der Waals surface area (Å²) in [6.07, 6.45) is 3.04. The first kappa shape index (κ1) is 13.7. The molecule has 0 bridgehead atoms. The van der Waals surface area contributed by atoms with Crippen LogP contribution in [0.3, 0.4) is 0 Å². The normalized spacial score (nSPS) is 10.3. The molecule has 17 heavy (non-hydrogen) atoms. The monoisotopic (exact) mass is 233 g/mol. The van der Waals surface area contributed by atoms with Crippen molar-refractivity contribution in [2.75, 3.05) is 25.0 Å². The molecule has 0 aliphatic rings. The molecule has 0 atom stereocenters. The van der Waals surface area contributed by atoms with E-state index in [1.807, 2.05) is 13.1 Å². The Morgan fingerprint density at radius 3 is 2.82 bits per heavy atom. The Morgan fingerprint density at radius 2 is 2.24 bits per heavy atom. The van der Waals surface area contributed by atoms with Crippen LogP contribution in [0.1, 0.15) is 24.6 Å². The molecule has 0 amide bonds. The van der Waals surface area contributed by atoms with Crippen LogP contribution in [0.15, 0.2) is 24.8 Å². The van der Waals surface area contributed by atoms with Crippen LogP contribution in [0.2, 0.25) is 0 Å². The molecule has 0 aliphatic heterocycles. The molecule has 1 N–H and O–H groups in total. The van der Waals surface area contributed by atoms with Crippen LogP contribution >= 0.6 is 0 Å². The number of aryl methyl sites for hydroxylation is 1. The number of rotatable bonds is 7. The second kappa shape index (κ2) is 7.07. The van der Waals surface area contributed by atoms with E-state index in [2.05, 4.69) is 47.8 Å². The van der Waals surface area contributed by atoms with E-state index in [1.165, 1.54) is 5.56 Å². The summed E-state index contributed by atoms with van der Waals surface area (Å²) in [5, 5.41) is 3.40. The van der Waals surface area contributed by atoms with E-state index in [4.69, 9.17) is 0 Å². The van der Waals surface area contributed by atoms with Gasteiger partial charge in [0.1, 0.15) is 5.82 Å². The van der Waals surface area contributed by atoms with Gasteiger partial charge in [-0.3, -0.25) is 0 Å². The van der Waals surface area contributed by atoms with Gasteiger partial charge in [0, 0.05) is 25.8 Å². The first-order chi connectivity index (χ1) is 8.19. The fourth-order valence-corrected chi connectivity index (χ4v) is 1.66. The number of aromatic nitrogens is 1. The minimum atomic E-state index is 0.819. The Balaban J connectivity index is 2.68. The number of pyridine rings is 1. The van der Waals surface area contributed by atoms with Crippen molar-refractivity contribution in [2.45, 2.75) is 26.8 Å². The molecule has 1 aromatic rings. The van der Waals surface area contributed by atoms with Gasteiger partial charge in [-0.2, -0.15) is 0 Å². The highest BCUT2D eigenvalue weighted by Gasteiger charge is 2.04. The molecular weight excluding hydrogens is 210 g/mol. The molecule has 0 saturated carbocycles. The zero-order valence-corrected chi connectivity index (χ0v) is 11.2. The SMILES string of the molecule is C=CCN(C)c1ccc(CNCCC)c(C)n1. The van der Waals surface area contributed by atoms with Gasteiger partial charge in [0.2, 0.25) is 0 Å². The Kier molecular flexibility index (Phi) is 5.70. The van der Waals surface area contributed by atoms with E-state index >= 15 is 0 Å². The lowest BCUT2D eigenvalue weighted by Gasteiger charge is -2.17. The van der Waals surface area contributed by atoms with Gasteiger partial charge in [0.05, 0.1) is 0 Å². The van der Waals surface area contributed by atoms with Crippen LogP contribution in [0.5, 0.6) is 0 Å². The third-order valence-electron chi connectivity index (χ3n) is 2.72. The molecule has 3 nitrogen and oxygen atoms in total. The van der Waals surface area contributed by atoms with Crippen LogP contribution < -0.4 is 10.2 Å². The van der Waals surface area contributed by atoms with E-state index in [9.17, 15) is 0 Å². The fourth-order valence-electron chi connectivity index (χ4n) is 1.66. The Hall–Kier alpha value is -1.35. The van der Waals surface area contributed by atoms with Crippen LogP contribution in [0.4, 0.5) is 5.82 Å². The molecule has 0 saturated heterocycles. The van der Waals surface area contributed by atoms with Crippen molar-refractivity contribution in [3.63, 3.8) is 0 Å². The van der Waals surface area contributed by atoms with Crippen LogP contribution in [-0.2, 0) is 6.54 Å². The van der Waals surface area contributed by atoms with Gasteiger partial charge in [-0.05, 0) is 31.5 Å². The molecule has 0 spiro atoms. The minimum Gasteiger partial charge on any atom is -0.356 e. The van der Waals surface area contributed by atoms with Crippen molar-refractivity contribution in [1.29, 1.82) is 0 Å². The quantitative estimate of drug-likeness (QED) is 0.579. The van der Waals surface area contributed by atoms with E-state index in [1.54, 1.807) is 0 Å². The predicted octanol–water partition coefficient (Wildman–Crippen LogP) is 2.51. The summed E-state index contributed by atoms with van der Waals surface area (Å²) in [6, 6.07) is 4.22. The summed E-state index contributed by atoms with van der Waals surface area (Å²) in [6.45, 7) is 10.7. The van der Waals surface area contributed by atoms with E-state index in [0.29, 0.717) is 0 Å². The van der Waals surface area contributed by atoms with Crippen molar-refractivity contribution in [1.82, 2.24) is 10.3 Å². The van der Waals surface area contributed by atoms with Gasteiger partial charge >= 0.3 is 0 Å². The molecular formula is C14H23N3. The lowest BCUT2D eigenvalue weighted by atomic mass is 10.2. The molecule has 1 rings (SSSR count). The largest absolute Gasteiger partial charge is 0.356 e. The fraction of sp³-hybridized carbons (Fsp3) is 0.500. The molecule has 0 unspecified atom stereocenters. The second-order valence-corrected chi connectivity index (χ2v) is 4.26. The molecule has 0 aliphatic carbocycles. The van der Waals surface area contributed by atoms with Gasteiger partial charge in [-0.25, -0.2) is 4.98 Å². The van der Waals surface area contributed by atoms with Gasteiger partial charge in [-0.1, -0.05) is 19.1 Å². The maximum absolute atomic E-state index is 4.61. The smallest absolute Gasteiger partial charge is 0.128 e. The summed E-state index contributed by atoms with van der Waals surface area (Å²) in [4.78, 5) is 6.70. The molecule has 0 fully saturated rings. The third kappa shape index (κ3) is 4.19. The van der Waals surface area contributed by atoms with E-state index in [0.717, 1.165) is 37.6 Å². The summed E-state index contributed by atoms with van der Waals surface area (Å²) in [5.74, 6) is 1.00. The van der Waals surface area contributed by atoms with E-state index < -0.39 is 0 Å². The second-order valence-electron chi connectivity index (χ2n) is 4.26. The molecule has 94 valence electrons. The highest BCUT2D eigenvalue weighted by Crippen LogP contribution is 2.13. The van der Waals surface area contributed by atoms with Crippen molar-refractivity contribution in [3.8, 4) is 0 Å². The molecule has 0 radical (unpaired) electrons. The molecule has 3 heteroatoms. The summed E-state index contributed by atoms with van der Waals surface area (Å²) in [5.41, 5.74) is 2.37. The topological polar surface area (TPSA) is 28.2 Å². The Bertz CT molecular complexity index is 360.